The second-order valence-corrected chi connectivity index (χ2v) is 11.9. The van der Waals surface area contributed by atoms with Gasteiger partial charge in [0.25, 0.3) is 0 Å². The summed E-state index contributed by atoms with van der Waals surface area (Å²) in [6.45, 7) is 5.92. The van der Waals surface area contributed by atoms with Gasteiger partial charge in [0.2, 0.25) is 29.5 Å². The third-order valence-electron chi connectivity index (χ3n) is 7.30. The van der Waals surface area contributed by atoms with Gasteiger partial charge in [-0.05, 0) is 69.6 Å². The van der Waals surface area contributed by atoms with Crippen LogP contribution >= 0.6 is 11.6 Å². The molecule has 1 aliphatic rings. The van der Waals surface area contributed by atoms with E-state index in [1.807, 2.05) is 0 Å². The second kappa shape index (κ2) is 18.1. The minimum atomic E-state index is -1.31. The van der Waals surface area contributed by atoms with Crippen molar-refractivity contribution in [2.24, 2.45) is 22.4 Å². The van der Waals surface area contributed by atoms with Crippen LogP contribution in [0.1, 0.15) is 83.7 Å². The first-order chi connectivity index (χ1) is 20.8. The summed E-state index contributed by atoms with van der Waals surface area (Å²) in [7, 11) is 0. The molecule has 1 aliphatic heterocycles. The summed E-state index contributed by atoms with van der Waals surface area (Å²) in [6, 6.07) is 4.87. The Balaban J connectivity index is 2.27. The highest BCUT2D eigenvalue weighted by molar-refractivity contribution is 6.30. The molecule has 3 unspecified atom stereocenters. The quantitative estimate of drug-likeness (QED) is 0.132. The zero-order valence-electron chi connectivity index (χ0n) is 25.8. The van der Waals surface area contributed by atoms with Gasteiger partial charge in [-0.1, -0.05) is 37.6 Å². The molecule has 13 nitrogen and oxygen atoms in total. The molecule has 1 aromatic rings. The van der Waals surface area contributed by atoms with Gasteiger partial charge in [-0.15, -0.1) is 0 Å². The number of nitrogens with two attached hydrogens (primary N) is 2. The van der Waals surface area contributed by atoms with E-state index in [0.29, 0.717) is 42.7 Å². The normalized spacial score (nSPS) is 23.1. The number of halogens is 1. The monoisotopic (exact) mass is 634 g/mol. The van der Waals surface area contributed by atoms with Gasteiger partial charge < -0.3 is 38.1 Å². The molecule has 0 saturated carbocycles. The third kappa shape index (κ3) is 12.4. The molecule has 0 aromatic heterocycles. The molecule has 0 bridgehead atoms. The van der Waals surface area contributed by atoms with E-state index in [9.17, 15) is 24.0 Å². The number of guanidine groups is 1. The average Bonchev–Trinajstić information content (AvgIpc) is 2.96. The first-order valence-electron chi connectivity index (χ1n) is 15.1. The molecule has 9 N–H and O–H groups in total. The van der Waals surface area contributed by atoms with Gasteiger partial charge in [-0.3, -0.25) is 29.0 Å². The number of carbonyl (C=O) groups excluding carboxylic acids is 5. The maximum Gasteiger partial charge on any atom is 0.247 e. The maximum atomic E-state index is 13.6. The van der Waals surface area contributed by atoms with Gasteiger partial charge in [0.05, 0.1) is 0 Å². The summed E-state index contributed by atoms with van der Waals surface area (Å²) in [5, 5.41) is 14.7. The predicted molar refractivity (Wildman–Crippen MR) is 169 cm³/mol. The van der Waals surface area contributed by atoms with Crippen LogP contribution in [0.2, 0.25) is 5.02 Å². The maximum absolute atomic E-state index is 13.6. The van der Waals surface area contributed by atoms with Gasteiger partial charge >= 0.3 is 0 Å². The molecule has 0 radical (unpaired) electrons. The number of rotatable bonds is 7. The molecule has 5 amide bonds. The molecule has 14 heteroatoms. The molecular weight excluding hydrogens is 588 g/mol. The standard InChI is InChI=1S/C30H47ClN8O5/c1-19(2)25(41)39-30(3)15-5-7-17-35-27(43)24(20-11-13-21(31)14-12-20)38-23(40)10-4-6-16-34-26(42)22(37-28(30)44)9-8-18-36-29(32)33/h11-14,19,22,24H,4-10,15-18H2,1-3H3,(H,34,42)(H,35,43)(H,37,44)(H,38,40)(H,39,41)(H4,32,33,36). The van der Waals surface area contributed by atoms with Crippen LogP contribution in [0.5, 0.6) is 0 Å². The van der Waals surface area contributed by atoms with Crippen LogP contribution in [0.25, 0.3) is 0 Å². The van der Waals surface area contributed by atoms with Crippen molar-refractivity contribution in [2.75, 3.05) is 19.6 Å². The minimum absolute atomic E-state index is 0.0670. The second-order valence-electron chi connectivity index (χ2n) is 11.5. The molecule has 244 valence electrons. The van der Waals surface area contributed by atoms with Crippen molar-refractivity contribution in [3.05, 3.63) is 34.9 Å². The fraction of sp³-hybridized carbons (Fsp3) is 0.600. The van der Waals surface area contributed by atoms with Crippen LogP contribution in [-0.4, -0.2) is 66.7 Å². The summed E-state index contributed by atoms with van der Waals surface area (Å²) < 4.78 is 0. The Labute approximate surface area is 264 Å². The van der Waals surface area contributed by atoms with Crippen molar-refractivity contribution < 1.29 is 24.0 Å². The van der Waals surface area contributed by atoms with E-state index in [2.05, 4.69) is 31.6 Å². The fourth-order valence-corrected chi connectivity index (χ4v) is 4.72. The van der Waals surface area contributed by atoms with Crippen LogP contribution in [0.4, 0.5) is 0 Å². The molecule has 0 aliphatic carbocycles. The lowest BCUT2D eigenvalue weighted by Gasteiger charge is -2.32. The minimum Gasteiger partial charge on any atom is -0.370 e. The molecule has 44 heavy (non-hydrogen) atoms. The Morgan fingerprint density at radius 1 is 1.00 bits per heavy atom. The van der Waals surface area contributed by atoms with Crippen molar-refractivity contribution in [1.29, 1.82) is 0 Å². The van der Waals surface area contributed by atoms with Crippen molar-refractivity contribution in [2.45, 2.75) is 89.8 Å². The smallest absolute Gasteiger partial charge is 0.247 e. The van der Waals surface area contributed by atoms with Gasteiger partial charge in [-0.2, -0.15) is 0 Å². The van der Waals surface area contributed by atoms with E-state index < -0.39 is 23.5 Å². The first-order valence-corrected chi connectivity index (χ1v) is 15.5. The topological polar surface area (TPSA) is 210 Å². The number of nitrogens with one attached hydrogen (secondary N) is 5. The summed E-state index contributed by atoms with van der Waals surface area (Å²) in [5.74, 6) is -2.29. The van der Waals surface area contributed by atoms with Gasteiger partial charge in [0, 0.05) is 37.0 Å². The van der Waals surface area contributed by atoms with E-state index in [0.717, 1.165) is 0 Å². The number of hydrogen-bond acceptors (Lipinski definition) is 6. The first kappa shape index (κ1) is 36.3. The Hall–Kier alpha value is -3.87. The number of aliphatic imine (C=N–C) groups is 1. The summed E-state index contributed by atoms with van der Waals surface area (Å²) in [4.78, 5) is 69.4. The van der Waals surface area contributed by atoms with E-state index in [1.54, 1.807) is 45.0 Å². The van der Waals surface area contributed by atoms with Gasteiger partial charge in [-0.25, -0.2) is 0 Å². The van der Waals surface area contributed by atoms with Crippen LogP contribution in [0, 0.1) is 5.92 Å². The lowest BCUT2D eigenvalue weighted by molar-refractivity contribution is -0.136. The molecule has 0 spiro atoms. The molecule has 1 saturated heterocycles. The van der Waals surface area contributed by atoms with Crippen molar-refractivity contribution in [1.82, 2.24) is 26.6 Å². The largest absolute Gasteiger partial charge is 0.370 e. The van der Waals surface area contributed by atoms with Gasteiger partial charge in [0.1, 0.15) is 17.6 Å². The Bertz CT molecular complexity index is 1170. The lowest BCUT2D eigenvalue weighted by atomic mass is 9.91. The average molecular weight is 635 g/mol. The summed E-state index contributed by atoms with van der Waals surface area (Å²) in [6.07, 6.45) is 3.03. The molecule has 2 rings (SSSR count). The number of amides is 5. The number of hydrogen-bond donors (Lipinski definition) is 7. The highest BCUT2D eigenvalue weighted by Crippen LogP contribution is 2.19. The van der Waals surface area contributed by atoms with E-state index in [-0.39, 0.29) is 74.4 Å². The van der Waals surface area contributed by atoms with Crippen LogP contribution in [0.15, 0.2) is 29.3 Å². The molecule has 3 atom stereocenters. The third-order valence-corrected chi connectivity index (χ3v) is 7.55. The van der Waals surface area contributed by atoms with Crippen molar-refractivity contribution >= 4 is 47.1 Å². The molecule has 1 heterocycles. The van der Waals surface area contributed by atoms with E-state index in [1.165, 1.54) is 0 Å². The van der Waals surface area contributed by atoms with Crippen LogP contribution < -0.4 is 38.1 Å². The molecule has 1 aromatic carbocycles. The molecular formula is C30H47ClN8O5. The highest BCUT2D eigenvalue weighted by atomic mass is 35.5. The molecule has 1 fully saturated rings. The Morgan fingerprint density at radius 3 is 2.27 bits per heavy atom. The lowest BCUT2D eigenvalue weighted by Crippen LogP contribution is -2.61. The van der Waals surface area contributed by atoms with Crippen LogP contribution in [0.3, 0.4) is 0 Å². The zero-order valence-corrected chi connectivity index (χ0v) is 26.6. The van der Waals surface area contributed by atoms with Gasteiger partial charge in [0.15, 0.2) is 5.96 Å². The summed E-state index contributed by atoms with van der Waals surface area (Å²) in [5.41, 5.74) is 10.1. The zero-order chi connectivity index (χ0) is 32.7. The fourth-order valence-electron chi connectivity index (χ4n) is 4.59. The number of nitrogens with zero attached hydrogens (tertiary/aromatic N) is 1. The Kier molecular flexibility index (Phi) is 14.9. The van der Waals surface area contributed by atoms with Crippen molar-refractivity contribution in [3.8, 4) is 0 Å². The van der Waals surface area contributed by atoms with Crippen LogP contribution in [-0.2, 0) is 24.0 Å². The number of carbonyl (C=O) groups is 5. The highest BCUT2D eigenvalue weighted by Gasteiger charge is 2.37. The predicted octanol–water partition coefficient (Wildman–Crippen LogP) is 1.15. The van der Waals surface area contributed by atoms with E-state index >= 15 is 0 Å². The SMILES string of the molecule is CC(C)C(=O)NC1(C)CCCCNC(=O)C(c2ccc(Cl)cc2)NC(=O)CCCCNC(=O)C(CCCN=C(N)N)NC1=O. The number of benzene rings is 1. The van der Waals surface area contributed by atoms with E-state index in [4.69, 9.17) is 23.1 Å². The Morgan fingerprint density at radius 2 is 1.64 bits per heavy atom. The van der Waals surface area contributed by atoms with Crippen molar-refractivity contribution in [3.63, 3.8) is 0 Å². The summed E-state index contributed by atoms with van der Waals surface area (Å²) >= 11 is 6.02.